The predicted octanol–water partition coefficient (Wildman–Crippen LogP) is 1.61. The van der Waals surface area contributed by atoms with Crippen LogP contribution >= 0.6 is 0 Å². The van der Waals surface area contributed by atoms with Crippen LogP contribution in [0.2, 0.25) is 0 Å². The lowest BCUT2D eigenvalue weighted by molar-refractivity contribution is -0.141. The van der Waals surface area contributed by atoms with Crippen molar-refractivity contribution in [1.29, 1.82) is 0 Å². The van der Waals surface area contributed by atoms with Crippen LogP contribution in [0, 0.1) is 0 Å². The van der Waals surface area contributed by atoms with E-state index < -0.39 is 5.60 Å². The number of amides is 2. The zero-order chi connectivity index (χ0) is 18.4. The maximum atomic E-state index is 12.4. The average molecular weight is 347 g/mol. The molecule has 1 unspecified atom stereocenters. The Hall–Kier alpha value is -2.57. The minimum absolute atomic E-state index is 0.0793. The average Bonchev–Trinajstić information content (AvgIpc) is 2.97. The maximum Gasteiger partial charge on any atom is 0.267 e. The summed E-state index contributed by atoms with van der Waals surface area (Å²) in [5.74, 6) is 0.289. The van der Waals surface area contributed by atoms with E-state index in [2.05, 4.69) is 15.8 Å². The van der Waals surface area contributed by atoms with Crippen LogP contribution < -0.4 is 15.4 Å². The highest BCUT2D eigenvalue weighted by Gasteiger charge is 2.42. The molecule has 0 bridgehead atoms. The molecule has 0 aromatic heterocycles. The van der Waals surface area contributed by atoms with E-state index in [9.17, 15) is 9.59 Å². The third kappa shape index (κ3) is 4.71. The molecule has 7 nitrogen and oxygen atoms in total. The third-order valence-corrected chi connectivity index (χ3v) is 3.85. The standard InChI is InChI=1S/C18H25N3O4/c1-12(2)20-16(22)9-10-19-17(23)18(3)11-14(21-25-18)13-7-5-6-8-15(13)24-4/h5-8,12H,9-11H2,1-4H3,(H,19,23)(H,20,22). The Kier molecular flexibility index (Phi) is 6.01. The predicted molar refractivity (Wildman–Crippen MR) is 94.5 cm³/mol. The van der Waals surface area contributed by atoms with Gasteiger partial charge >= 0.3 is 0 Å². The molecule has 1 aliphatic heterocycles. The van der Waals surface area contributed by atoms with Crippen LogP contribution in [0.3, 0.4) is 0 Å². The molecule has 0 fully saturated rings. The number of hydrogen-bond acceptors (Lipinski definition) is 5. The van der Waals surface area contributed by atoms with Crippen molar-refractivity contribution in [1.82, 2.24) is 10.6 Å². The molecule has 0 saturated heterocycles. The summed E-state index contributed by atoms with van der Waals surface area (Å²) >= 11 is 0. The van der Waals surface area contributed by atoms with Crippen LogP contribution in [0.4, 0.5) is 0 Å². The van der Waals surface area contributed by atoms with Gasteiger partial charge in [0, 0.05) is 31.0 Å². The van der Waals surface area contributed by atoms with Gasteiger partial charge in [0.05, 0.1) is 12.8 Å². The second-order valence-corrected chi connectivity index (χ2v) is 6.47. The van der Waals surface area contributed by atoms with E-state index in [4.69, 9.17) is 9.57 Å². The van der Waals surface area contributed by atoms with E-state index in [1.165, 1.54) is 0 Å². The Bertz CT molecular complexity index is 672. The number of benzene rings is 1. The number of nitrogens with one attached hydrogen (secondary N) is 2. The molecule has 1 heterocycles. The van der Waals surface area contributed by atoms with Crippen molar-refractivity contribution in [2.45, 2.75) is 45.3 Å². The van der Waals surface area contributed by atoms with Gasteiger partial charge in [-0.15, -0.1) is 0 Å². The monoisotopic (exact) mass is 347 g/mol. The summed E-state index contributed by atoms with van der Waals surface area (Å²) in [6.45, 7) is 5.71. The Morgan fingerprint density at radius 1 is 1.36 bits per heavy atom. The van der Waals surface area contributed by atoms with Gasteiger partial charge in [-0.2, -0.15) is 0 Å². The zero-order valence-corrected chi connectivity index (χ0v) is 15.1. The lowest BCUT2D eigenvalue weighted by Crippen LogP contribution is -2.46. The van der Waals surface area contributed by atoms with Gasteiger partial charge in [0.2, 0.25) is 11.5 Å². The fraction of sp³-hybridized carbons (Fsp3) is 0.500. The van der Waals surface area contributed by atoms with E-state index in [0.717, 1.165) is 5.56 Å². The molecule has 2 rings (SSSR count). The number of carbonyl (C=O) groups is 2. The molecule has 1 atom stereocenters. The van der Waals surface area contributed by atoms with E-state index in [0.29, 0.717) is 17.9 Å². The lowest BCUT2D eigenvalue weighted by atomic mass is 9.94. The molecule has 136 valence electrons. The van der Waals surface area contributed by atoms with E-state index in [1.807, 2.05) is 38.1 Å². The number of methoxy groups -OCH3 is 1. The molecule has 1 aromatic rings. The van der Waals surface area contributed by atoms with Crippen LogP contribution in [-0.4, -0.2) is 42.8 Å². The van der Waals surface area contributed by atoms with Crippen molar-refractivity contribution in [3.8, 4) is 5.75 Å². The van der Waals surface area contributed by atoms with Gasteiger partial charge in [-0.25, -0.2) is 0 Å². The summed E-state index contributed by atoms with van der Waals surface area (Å²) in [6.07, 6.45) is 0.553. The zero-order valence-electron chi connectivity index (χ0n) is 15.1. The lowest BCUT2D eigenvalue weighted by Gasteiger charge is -2.20. The molecule has 7 heteroatoms. The Morgan fingerprint density at radius 2 is 2.08 bits per heavy atom. The Morgan fingerprint density at radius 3 is 2.76 bits per heavy atom. The molecule has 0 saturated carbocycles. The number of ether oxygens (including phenoxy) is 1. The van der Waals surface area contributed by atoms with Gasteiger partial charge in [-0.3, -0.25) is 9.59 Å². The van der Waals surface area contributed by atoms with Crippen molar-refractivity contribution in [2.75, 3.05) is 13.7 Å². The summed E-state index contributed by atoms with van der Waals surface area (Å²) < 4.78 is 5.33. The van der Waals surface area contributed by atoms with E-state index in [1.54, 1.807) is 14.0 Å². The molecule has 0 radical (unpaired) electrons. The molecule has 2 amide bonds. The van der Waals surface area contributed by atoms with Crippen LogP contribution in [-0.2, 0) is 14.4 Å². The summed E-state index contributed by atoms with van der Waals surface area (Å²) in [6, 6.07) is 7.54. The van der Waals surface area contributed by atoms with Crippen LogP contribution in [0.1, 0.15) is 39.2 Å². The second-order valence-electron chi connectivity index (χ2n) is 6.47. The fourth-order valence-corrected chi connectivity index (χ4v) is 2.56. The molecule has 0 aliphatic carbocycles. The molecule has 0 spiro atoms. The molecule has 1 aliphatic rings. The van der Waals surface area contributed by atoms with Crippen LogP contribution in [0.25, 0.3) is 0 Å². The highest BCUT2D eigenvalue weighted by atomic mass is 16.7. The first-order chi connectivity index (χ1) is 11.9. The first kappa shape index (κ1) is 18.8. The van der Waals surface area contributed by atoms with E-state index >= 15 is 0 Å². The topological polar surface area (TPSA) is 89.0 Å². The van der Waals surface area contributed by atoms with Crippen molar-refractivity contribution in [3.05, 3.63) is 29.8 Å². The number of nitrogens with zero attached hydrogens (tertiary/aromatic N) is 1. The van der Waals surface area contributed by atoms with Gasteiger partial charge in [-0.1, -0.05) is 17.3 Å². The Labute approximate surface area is 147 Å². The highest BCUT2D eigenvalue weighted by Crippen LogP contribution is 2.30. The second kappa shape index (κ2) is 8.00. The summed E-state index contributed by atoms with van der Waals surface area (Å²) in [7, 11) is 1.59. The molecule has 25 heavy (non-hydrogen) atoms. The Balaban J connectivity index is 1.91. The van der Waals surface area contributed by atoms with Crippen molar-refractivity contribution < 1.29 is 19.2 Å². The van der Waals surface area contributed by atoms with Crippen LogP contribution in [0.15, 0.2) is 29.4 Å². The van der Waals surface area contributed by atoms with Gasteiger partial charge in [0.1, 0.15) is 5.75 Å². The summed E-state index contributed by atoms with van der Waals surface area (Å²) in [5, 5.41) is 9.59. The van der Waals surface area contributed by atoms with Gasteiger partial charge in [-0.05, 0) is 32.9 Å². The van der Waals surface area contributed by atoms with E-state index in [-0.39, 0.29) is 30.8 Å². The smallest absolute Gasteiger partial charge is 0.267 e. The largest absolute Gasteiger partial charge is 0.496 e. The molecular formula is C18H25N3O4. The van der Waals surface area contributed by atoms with Crippen molar-refractivity contribution >= 4 is 17.5 Å². The first-order valence-corrected chi connectivity index (χ1v) is 8.32. The minimum atomic E-state index is -1.09. The molecular weight excluding hydrogens is 322 g/mol. The van der Waals surface area contributed by atoms with Crippen LogP contribution in [0.5, 0.6) is 5.75 Å². The SMILES string of the molecule is COc1ccccc1C1=NOC(C)(C(=O)NCCC(=O)NC(C)C)C1. The molecule has 2 N–H and O–H groups in total. The number of carbonyl (C=O) groups excluding carboxylic acids is 2. The summed E-state index contributed by atoms with van der Waals surface area (Å²) in [5.41, 5.74) is 0.371. The van der Waals surface area contributed by atoms with Gasteiger partial charge in [0.15, 0.2) is 0 Å². The van der Waals surface area contributed by atoms with Crippen molar-refractivity contribution in [3.63, 3.8) is 0 Å². The maximum absolute atomic E-state index is 12.4. The fourth-order valence-electron chi connectivity index (χ4n) is 2.56. The number of rotatable bonds is 7. The number of hydrogen-bond donors (Lipinski definition) is 2. The summed E-state index contributed by atoms with van der Waals surface area (Å²) in [4.78, 5) is 29.5. The van der Waals surface area contributed by atoms with Gasteiger partial charge in [0.25, 0.3) is 5.91 Å². The minimum Gasteiger partial charge on any atom is -0.496 e. The highest BCUT2D eigenvalue weighted by molar-refractivity contribution is 6.07. The quantitative estimate of drug-likeness (QED) is 0.784. The van der Waals surface area contributed by atoms with Crippen molar-refractivity contribution in [2.24, 2.45) is 5.16 Å². The normalized spacial score (nSPS) is 19.2. The molecule has 1 aromatic carbocycles. The number of para-hydroxylation sites is 1. The third-order valence-electron chi connectivity index (χ3n) is 3.85. The van der Waals surface area contributed by atoms with Gasteiger partial charge < -0.3 is 20.2 Å². The number of oxime groups is 1. The first-order valence-electron chi connectivity index (χ1n) is 8.32.